The molecule has 1 saturated heterocycles. The molecule has 5 heteroatoms. The fourth-order valence-electron chi connectivity index (χ4n) is 2.43. The van der Waals surface area contributed by atoms with Crippen molar-refractivity contribution in [2.24, 2.45) is 5.73 Å². The zero-order chi connectivity index (χ0) is 14.4. The Bertz CT molecular complexity index is 404. The Balaban J connectivity index is 1.96. The lowest BCUT2D eigenvalue weighted by atomic mass is 10.1. The van der Waals surface area contributed by atoms with Gasteiger partial charge in [0.25, 0.3) is 0 Å². The van der Waals surface area contributed by atoms with Gasteiger partial charge in [-0.25, -0.2) is 4.98 Å². The standard InChI is InChI=1S/C15H25N3O2/c1-12(2)20-14-4-3-8-17-15(14)18-9-5-13(6-10-18)19-11-7-16/h3-4,8,12-13H,5-7,9-11,16H2,1-2H3. The highest BCUT2D eigenvalue weighted by atomic mass is 16.5. The summed E-state index contributed by atoms with van der Waals surface area (Å²) in [6.07, 6.45) is 4.32. The van der Waals surface area contributed by atoms with Crippen LogP contribution in [0, 0.1) is 0 Å². The maximum atomic E-state index is 5.84. The molecule has 1 aromatic rings. The number of piperidine rings is 1. The first kappa shape index (κ1) is 15.1. The van der Waals surface area contributed by atoms with Gasteiger partial charge in [-0.05, 0) is 38.8 Å². The van der Waals surface area contributed by atoms with Gasteiger partial charge in [0.1, 0.15) is 0 Å². The van der Waals surface area contributed by atoms with Crippen LogP contribution in [0.3, 0.4) is 0 Å². The first-order valence-corrected chi connectivity index (χ1v) is 7.39. The topological polar surface area (TPSA) is 60.6 Å². The van der Waals surface area contributed by atoms with Gasteiger partial charge in [-0.2, -0.15) is 0 Å². The van der Waals surface area contributed by atoms with Gasteiger partial charge in [0.05, 0.1) is 18.8 Å². The van der Waals surface area contributed by atoms with Crippen molar-refractivity contribution in [1.29, 1.82) is 0 Å². The van der Waals surface area contributed by atoms with Gasteiger partial charge in [0.2, 0.25) is 0 Å². The predicted molar refractivity (Wildman–Crippen MR) is 80.2 cm³/mol. The number of nitrogens with two attached hydrogens (primary N) is 1. The van der Waals surface area contributed by atoms with E-state index in [9.17, 15) is 0 Å². The van der Waals surface area contributed by atoms with E-state index < -0.39 is 0 Å². The minimum absolute atomic E-state index is 0.156. The van der Waals surface area contributed by atoms with E-state index in [1.54, 1.807) is 0 Å². The fraction of sp³-hybridized carbons (Fsp3) is 0.667. The minimum Gasteiger partial charge on any atom is -0.487 e. The highest BCUT2D eigenvalue weighted by Gasteiger charge is 2.22. The van der Waals surface area contributed by atoms with Gasteiger partial charge >= 0.3 is 0 Å². The number of pyridine rings is 1. The summed E-state index contributed by atoms with van der Waals surface area (Å²) in [6.45, 7) is 7.19. The molecule has 112 valence electrons. The highest BCUT2D eigenvalue weighted by molar-refractivity contribution is 5.52. The number of aromatic nitrogens is 1. The Kier molecular flexibility index (Phi) is 5.61. The summed E-state index contributed by atoms with van der Waals surface area (Å²) >= 11 is 0. The van der Waals surface area contributed by atoms with Gasteiger partial charge in [-0.1, -0.05) is 0 Å². The van der Waals surface area contributed by atoms with E-state index in [0.717, 1.165) is 37.5 Å². The Hall–Kier alpha value is -1.33. The van der Waals surface area contributed by atoms with E-state index in [4.69, 9.17) is 15.2 Å². The molecule has 1 aliphatic rings. The summed E-state index contributed by atoms with van der Waals surface area (Å²) in [5, 5.41) is 0. The van der Waals surface area contributed by atoms with Gasteiger partial charge in [0.15, 0.2) is 11.6 Å². The van der Waals surface area contributed by atoms with E-state index in [2.05, 4.69) is 9.88 Å². The quantitative estimate of drug-likeness (QED) is 0.860. The van der Waals surface area contributed by atoms with Gasteiger partial charge in [-0.3, -0.25) is 0 Å². The molecule has 1 aliphatic heterocycles. The molecule has 0 radical (unpaired) electrons. The van der Waals surface area contributed by atoms with E-state index in [-0.39, 0.29) is 6.10 Å². The fourth-order valence-corrected chi connectivity index (χ4v) is 2.43. The third-order valence-corrected chi connectivity index (χ3v) is 3.33. The van der Waals surface area contributed by atoms with E-state index in [1.165, 1.54) is 0 Å². The molecular weight excluding hydrogens is 254 g/mol. The van der Waals surface area contributed by atoms with Crippen molar-refractivity contribution in [2.75, 3.05) is 31.1 Å². The number of hydrogen-bond donors (Lipinski definition) is 1. The van der Waals surface area contributed by atoms with E-state index in [0.29, 0.717) is 19.3 Å². The highest BCUT2D eigenvalue weighted by Crippen LogP contribution is 2.29. The summed E-state index contributed by atoms with van der Waals surface area (Å²) in [5.74, 6) is 1.81. The summed E-state index contributed by atoms with van der Waals surface area (Å²) in [7, 11) is 0. The number of anilines is 1. The second-order valence-electron chi connectivity index (χ2n) is 5.34. The average Bonchev–Trinajstić information content (AvgIpc) is 2.46. The molecule has 2 heterocycles. The normalized spacial score (nSPS) is 16.7. The molecular formula is C15H25N3O2. The molecule has 2 rings (SSSR count). The Morgan fingerprint density at radius 1 is 1.40 bits per heavy atom. The van der Waals surface area contributed by atoms with Crippen molar-refractivity contribution in [1.82, 2.24) is 4.98 Å². The Morgan fingerprint density at radius 2 is 2.15 bits per heavy atom. The summed E-state index contributed by atoms with van der Waals surface area (Å²) in [4.78, 5) is 6.76. The van der Waals surface area contributed by atoms with Crippen molar-refractivity contribution in [3.05, 3.63) is 18.3 Å². The predicted octanol–water partition coefficient (Wildman–Crippen LogP) is 1.81. The summed E-state index contributed by atoms with van der Waals surface area (Å²) in [5.41, 5.74) is 5.47. The number of hydrogen-bond acceptors (Lipinski definition) is 5. The second kappa shape index (κ2) is 7.45. The van der Waals surface area contributed by atoms with Crippen LogP contribution in [0.2, 0.25) is 0 Å². The lowest BCUT2D eigenvalue weighted by Crippen LogP contribution is -2.38. The molecule has 0 atom stereocenters. The van der Waals surface area contributed by atoms with Crippen molar-refractivity contribution in [3.8, 4) is 5.75 Å². The molecule has 0 aliphatic carbocycles. The van der Waals surface area contributed by atoms with Crippen LogP contribution in [0.4, 0.5) is 5.82 Å². The molecule has 5 nitrogen and oxygen atoms in total. The minimum atomic E-state index is 0.156. The third-order valence-electron chi connectivity index (χ3n) is 3.33. The third kappa shape index (κ3) is 4.08. The number of nitrogens with zero attached hydrogens (tertiary/aromatic N) is 2. The number of ether oxygens (including phenoxy) is 2. The SMILES string of the molecule is CC(C)Oc1cccnc1N1CCC(OCCN)CC1. The van der Waals surface area contributed by atoms with Crippen LogP contribution in [-0.2, 0) is 4.74 Å². The van der Waals surface area contributed by atoms with Crippen molar-refractivity contribution >= 4 is 5.82 Å². The monoisotopic (exact) mass is 279 g/mol. The Labute approximate surface area is 121 Å². The van der Waals surface area contributed by atoms with Crippen LogP contribution < -0.4 is 15.4 Å². The Morgan fingerprint density at radius 3 is 2.80 bits per heavy atom. The van der Waals surface area contributed by atoms with Gasteiger partial charge < -0.3 is 20.1 Å². The maximum absolute atomic E-state index is 5.84. The van der Waals surface area contributed by atoms with Crippen LogP contribution in [-0.4, -0.2) is 43.4 Å². The number of rotatable bonds is 6. The van der Waals surface area contributed by atoms with Gasteiger partial charge in [-0.15, -0.1) is 0 Å². The first-order chi connectivity index (χ1) is 9.70. The largest absolute Gasteiger partial charge is 0.487 e. The first-order valence-electron chi connectivity index (χ1n) is 7.39. The van der Waals surface area contributed by atoms with Gasteiger partial charge in [0, 0.05) is 25.8 Å². The van der Waals surface area contributed by atoms with Crippen molar-refractivity contribution < 1.29 is 9.47 Å². The molecule has 1 fully saturated rings. The van der Waals surface area contributed by atoms with Crippen molar-refractivity contribution in [2.45, 2.75) is 38.9 Å². The molecule has 0 bridgehead atoms. The van der Waals surface area contributed by atoms with Crippen LogP contribution in [0.15, 0.2) is 18.3 Å². The molecule has 0 spiro atoms. The molecule has 0 unspecified atom stereocenters. The van der Waals surface area contributed by atoms with Crippen LogP contribution >= 0.6 is 0 Å². The van der Waals surface area contributed by atoms with E-state index in [1.807, 2.05) is 32.2 Å². The van der Waals surface area contributed by atoms with Crippen LogP contribution in [0.1, 0.15) is 26.7 Å². The average molecular weight is 279 g/mol. The van der Waals surface area contributed by atoms with Crippen molar-refractivity contribution in [3.63, 3.8) is 0 Å². The second-order valence-corrected chi connectivity index (χ2v) is 5.34. The molecule has 0 amide bonds. The molecule has 2 N–H and O–H groups in total. The molecule has 1 aromatic heterocycles. The molecule has 0 saturated carbocycles. The maximum Gasteiger partial charge on any atom is 0.171 e. The lowest BCUT2D eigenvalue weighted by Gasteiger charge is -2.33. The van der Waals surface area contributed by atoms with Crippen LogP contribution in [0.5, 0.6) is 5.75 Å². The molecule has 20 heavy (non-hydrogen) atoms. The summed E-state index contributed by atoms with van der Waals surface area (Å²) in [6, 6.07) is 3.90. The molecule has 0 aromatic carbocycles. The smallest absolute Gasteiger partial charge is 0.171 e. The van der Waals surface area contributed by atoms with E-state index >= 15 is 0 Å². The summed E-state index contributed by atoms with van der Waals surface area (Å²) < 4.78 is 11.5. The zero-order valence-corrected chi connectivity index (χ0v) is 12.4. The van der Waals surface area contributed by atoms with Crippen LogP contribution in [0.25, 0.3) is 0 Å². The zero-order valence-electron chi connectivity index (χ0n) is 12.4. The lowest BCUT2D eigenvalue weighted by molar-refractivity contribution is 0.0420.